The molecule has 0 atom stereocenters. The largest absolute Gasteiger partial charge is 0.493 e. The van der Waals surface area contributed by atoms with E-state index in [4.69, 9.17) is 22.7 Å². The number of hydrogen-bond donors (Lipinski definition) is 1. The lowest BCUT2D eigenvalue weighted by Crippen LogP contribution is -2.11. The topological polar surface area (TPSA) is 35.2 Å². The number of aryl methyl sites for hydroxylation is 1. The minimum Gasteiger partial charge on any atom is -0.493 e. The van der Waals surface area contributed by atoms with Crippen LogP contribution in [0.15, 0.2) is 18.2 Å². The lowest BCUT2D eigenvalue weighted by molar-refractivity contribution is 0.339. The van der Waals surface area contributed by atoms with Crippen molar-refractivity contribution in [3.8, 4) is 5.75 Å². The Bertz CT molecular complexity index is 323. The fourth-order valence-electron chi connectivity index (χ4n) is 1.12. The number of benzene rings is 1. The molecule has 13 heavy (non-hydrogen) atoms. The number of rotatable bonds is 3. The Kier molecular flexibility index (Phi) is 3.25. The Morgan fingerprint density at radius 2 is 2.23 bits per heavy atom. The van der Waals surface area contributed by atoms with E-state index in [-0.39, 0.29) is 0 Å². The van der Waals surface area contributed by atoms with Crippen molar-refractivity contribution in [1.29, 1.82) is 0 Å². The van der Waals surface area contributed by atoms with Crippen LogP contribution in [0.3, 0.4) is 0 Å². The third-order valence-electron chi connectivity index (χ3n) is 1.70. The third kappa shape index (κ3) is 2.42. The van der Waals surface area contributed by atoms with Gasteiger partial charge in [0.05, 0.1) is 12.2 Å². The third-order valence-corrected chi connectivity index (χ3v) is 1.92. The zero-order chi connectivity index (χ0) is 9.84. The van der Waals surface area contributed by atoms with Gasteiger partial charge >= 0.3 is 0 Å². The molecular formula is C10H13NOS. The standard InChI is InChI=1S/C10H13NOS/c1-3-12-9-5-4-7(2)6-8(9)10(11)13/h4-6H,3H2,1-2H3,(H2,11,13). The highest BCUT2D eigenvalue weighted by molar-refractivity contribution is 7.80. The molecule has 0 amide bonds. The molecule has 0 aliphatic carbocycles. The predicted octanol–water partition coefficient (Wildman–Crippen LogP) is 2.03. The van der Waals surface area contributed by atoms with Gasteiger partial charge in [0.2, 0.25) is 0 Å². The maximum Gasteiger partial charge on any atom is 0.129 e. The molecule has 1 aromatic carbocycles. The molecule has 0 aliphatic heterocycles. The van der Waals surface area contributed by atoms with Gasteiger partial charge in [0.25, 0.3) is 0 Å². The van der Waals surface area contributed by atoms with Crippen LogP contribution < -0.4 is 10.5 Å². The summed E-state index contributed by atoms with van der Waals surface area (Å²) in [6.45, 7) is 4.55. The molecule has 0 aromatic heterocycles. The zero-order valence-corrected chi connectivity index (χ0v) is 8.65. The van der Waals surface area contributed by atoms with E-state index < -0.39 is 0 Å². The van der Waals surface area contributed by atoms with E-state index in [9.17, 15) is 0 Å². The Labute approximate surface area is 83.7 Å². The van der Waals surface area contributed by atoms with Gasteiger partial charge < -0.3 is 10.5 Å². The summed E-state index contributed by atoms with van der Waals surface area (Å²) < 4.78 is 5.39. The van der Waals surface area contributed by atoms with Crippen LogP contribution in [-0.2, 0) is 0 Å². The molecule has 0 aliphatic rings. The maximum absolute atomic E-state index is 5.57. The van der Waals surface area contributed by atoms with Crippen molar-refractivity contribution < 1.29 is 4.74 Å². The second-order valence-electron chi connectivity index (χ2n) is 2.80. The highest BCUT2D eigenvalue weighted by Crippen LogP contribution is 2.19. The number of nitrogens with two attached hydrogens (primary N) is 1. The van der Waals surface area contributed by atoms with Crippen LogP contribution >= 0.6 is 12.2 Å². The molecule has 0 unspecified atom stereocenters. The molecule has 0 saturated carbocycles. The van der Waals surface area contributed by atoms with Crippen LogP contribution in [-0.4, -0.2) is 11.6 Å². The van der Waals surface area contributed by atoms with E-state index in [1.165, 1.54) is 0 Å². The van der Waals surface area contributed by atoms with Crippen LogP contribution in [0.4, 0.5) is 0 Å². The Hall–Kier alpha value is -1.09. The first kappa shape index (κ1) is 9.99. The van der Waals surface area contributed by atoms with E-state index in [2.05, 4.69) is 0 Å². The molecule has 0 spiro atoms. The fourth-order valence-corrected chi connectivity index (χ4v) is 1.28. The SMILES string of the molecule is CCOc1ccc(C)cc1C(N)=S. The second kappa shape index (κ2) is 4.23. The van der Waals surface area contributed by atoms with Crippen molar-refractivity contribution in [3.63, 3.8) is 0 Å². The lowest BCUT2D eigenvalue weighted by Gasteiger charge is -2.09. The Morgan fingerprint density at radius 3 is 2.77 bits per heavy atom. The first-order chi connectivity index (χ1) is 6.15. The number of hydrogen-bond acceptors (Lipinski definition) is 2. The molecular weight excluding hydrogens is 182 g/mol. The molecule has 1 rings (SSSR count). The molecule has 0 saturated heterocycles. The van der Waals surface area contributed by atoms with Gasteiger partial charge in [0.15, 0.2) is 0 Å². The van der Waals surface area contributed by atoms with Crippen molar-refractivity contribution >= 4 is 17.2 Å². The molecule has 0 radical (unpaired) electrons. The van der Waals surface area contributed by atoms with E-state index in [1.54, 1.807) is 0 Å². The van der Waals surface area contributed by atoms with Crippen LogP contribution in [0.25, 0.3) is 0 Å². The predicted molar refractivity (Wildman–Crippen MR) is 58.2 cm³/mol. The van der Waals surface area contributed by atoms with Gasteiger partial charge in [-0.1, -0.05) is 23.8 Å². The van der Waals surface area contributed by atoms with Gasteiger partial charge in [-0.3, -0.25) is 0 Å². The van der Waals surface area contributed by atoms with Crippen molar-refractivity contribution in [2.45, 2.75) is 13.8 Å². The summed E-state index contributed by atoms with van der Waals surface area (Å²) >= 11 is 4.92. The van der Waals surface area contributed by atoms with Crippen LogP contribution in [0.5, 0.6) is 5.75 Å². The van der Waals surface area contributed by atoms with Gasteiger partial charge in [0.1, 0.15) is 10.7 Å². The monoisotopic (exact) mass is 195 g/mol. The van der Waals surface area contributed by atoms with Crippen molar-refractivity contribution in [2.24, 2.45) is 5.73 Å². The smallest absolute Gasteiger partial charge is 0.129 e. The molecule has 2 nitrogen and oxygen atoms in total. The Morgan fingerprint density at radius 1 is 1.54 bits per heavy atom. The van der Waals surface area contributed by atoms with Crippen LogP contribution in [0, 0.1) is 6.92 Å². The van der Waals surface area contributed by atoms with E-state index in [0.717, 1.165) is 16.9 Å². The van der Waals surface area contributed by atoms with Crippen molar-refractivity contribution in [2.75, 3.05) is 6.61 Å². The zero-order valence-electron chi connectivity index (χ0n) is 7.83. The van der Waals surface area contributed by atoms with E-state index >= 15 is 0 Å². The summed E-state index contributed by atoms with van der Waals surface area (Å²) in [5.74, 6) is 0.764. The van der Waals surface area contributed by atoms with Crippen LogP contribution in [0.1, 0.15) is 18.1 Å². The molecule has 3 heteroatoms. The van der Waals surface area contributed by atoms with Crippen molar-refractivity contribution in [1.82, 2.24) is 0 Å². The summed E-state index contributed by atoms with van der Waals surface area (Å²) in [5, 5.41) is 0. The van der Waals surface area contributed by atoms with Crippen molar-refractivity contribution in [3.05, 3.63) is 29.3 Å². The number of ether oxygens (including phenoxy) is 1. The van der Waals surface area contributed by atoms with Gasteiger partial charge in [0, 0.05) is 0 Å². The molecule has 0 fully saturated rings. The first-order valence-electron chi connectivity index (χ1n) is 4.18. The average Bonchev–Trinajstić information content (AvgIpc) is 2.08. The molecule has 70 valence electrons. The summed E-state index contributed by atoms with van der Waals surface area (Å²) in [6, 6.07) is 5.81. The van der Waals surface area contributed by atoms with E-state index in [0.29, 0.717) is 11.6 Å². The maximum atomic E-state index is 5.57. The summed E-state index contributed by atoms with van der Waals surface area (Å²) in [5.41, 5.74) is 7.51. The van der Waals surface area contributed by atoms with Crippen LogP contribution in [0.2, 0.25) is 0 Å². The number of thiocarbonyl (C=S) groups is 1. The van der Waals surface area contributed by atoms with E-state index in [1.807, 2.05) is 32.0 Å². The normalized spacial score (nSPS) is 9.69. The molecule has 0 heterocycles. The second-order valence-corrected chi connectivity index (χ2v) is 3.24. The Balaban J connectivity index is 3.10. The quantitative estimate of drug-likeness (QED) is 0.749. The minimum absolute atomic E-state index is 0.382. The highest BCUT2D eigenvalue weighted by Gasteiger charge is 2.05. The van der Waals surface area contributed by atoms with Gasteiger partial charge in [-0.25, -0.2) is 0 Å². The molecule has 0 bridgehead atoms. The molecule has 1 aromatic rings. The fraction of sp³-hybridized carbons (Fsp3) is 0.300. The van der Waals surface area contributed by atoms with Gasteiger partial charge in [-0.15, -0.1) is 0 Å². The summed E-state index contributed by atoms with van der Waals surface area (Å²) in [7, 11) is 0. The highest BCUT2D eigenvalue weighted by atomic mass is 32.1. The first-order valence-corrected chi connectivity index (χ1v) is 4.59. The molecule has 2 N–H and O–H groups in total. The summed E-state index contributed by atoms with van der Waals surface area (Å²) in [6.07, 6.45) is 0. The summed E-state index contributed by atoms with van der Waals surface area (Å²) in [4.78, 5) is 0.382. The average molecular weight is 195 g/mol. The lowest BCUT2D eigenvalue weighted by atomic mass is 10.1. The minimum atomic E-state index is 0.382. The van der Waals surface area contributed by atoms with Gasteiger partial charge in [-0.2, -0.15) is 0 Å². The van der Waals surface area contributed by atoms with Gasteiger partial charge in [-0.05, 0) is 26.0 Å².